The highest BCUT2D eigenvalue weighted by atomic mass is 16.5. The van der Waals surface area contributed by atoms with Crippen molar-refractivity contribution in [1.82, 2.24) is 5.32 Å². The molecular formula is C16H21NO4. The lowest BCUT2D eigenvalue weighted by molar-refractivity contribution is -0.139. The van der Waals surface area contributed by atoms with E-state index in [2.05, 4.69) is 5.32 Å². The van der Waals surface area contributed by atoms with Crippen LogP contribution in [0.5, 0.6) is 5.75 Å². The fourth-order valence-electron chi connectivity index (χ4n) is 2.78. The number of ether oxygens (including phenoxy) is 1. The molecule has 2 rings (SSSR count). The van der Waals surface area contributed by atoms with Gasteiger partial charge in [0.05, 0.1) is 0 Å². The standard InChI is InChI=1S/C16H21NO4/c1-10-7-12(16(20)17-13-5-3-4-6-13)8-11(2)15(10)21-9-14(18)19/h7-8,13H,3-6,9H2,1-2H3,(H,17,20)(H,18,19). The molecule has 1 aromatic carbocycles. The van der Waals surface area contributed by atoms with E-state index < -0.39 is 5.97 Å². The van der Waals surface area contributed by atoms with E-state index >= 15 is 0 Å². The molecule has 1 aliphatic carbocycles. The second-order valence-corrected chi connectivity index (χ2v) is 5.58. The van der Waals surface area contributed by atoms with E-state index in [0.717, 1.165) is 24.0 Å². The van der Waals surface area contributed by atoms with Gasteiger partial charge in [-0.3, -0.25) is 4.79 Å². The molecule has 1 aliphatic rings. The first-order valence-corrected chi connectivity index (χ1v) is 7.24. The summed E-state index contributed by atoms with van der Waals surface area (Å²) in [6, 6.07) is 3.77. The Morgan fingerprint density at radius 1 is 1.24 bits per heavy atom. The minimum Gasteiger partial charge on any atom is -0.481 e. The third-order valence-corrected chi connectivity index (χ3v) is 3.75. The van der Waals surface area contributed by atoms with E-state index in [-0.39, 0.29) is 18.6 Å². The molecule has 1 fully saturated rings. The molecule has 2 N–H and O–H groups in total. The molecule has 5 nitrogen and oxygen atoms in total. The predicted octanol–water partition coefficient (Wildman–Crippen LogP) is 2.44. The van der Waals surface area contributed by atoms with Gasteiger partial charge >= 0.3 is 5.97 Å². The summed E-state index contributed by atoms with van der Waals surface area (Å²) in [5.41, 5.74) is 2.14. The van der Waals surface area contributed by atoms with Gasteiger partial charge in [-0.15, -0.1) is 0 Å². The molecular weight excluding hydrogens is 270 g/mol. The maximum Gasteiger partial charge on any atom is 0.341 e. The van der Waals surface area contributed by atoms with Crippen molar-refractivity contribution in [3.63, 3.8) is 0 Å². The number of hydrogen-bond donors (Lipinski definition) is 2. The highest BCUT2D eigenvalue weighted by Gasteiger charge is 2.19. The molecule has 114 valence electrons. The van der Waals surface area contributed by atoms with Gasteiger partial charge < -0.3 is 15.2 Å². The lowest BCUT2D eigenvalue weighted by Crippen LogP contribution is -2.32. The van der Waals surface area contributed by atoms with Crippen molar-refractivity contribution < 1.29 is 19.4 Å². The molecule has 0 atom stereocenters. The largest absolute Gasteiger partial charge is 0.481 e. The number of carbonyl (C=O) groups excluding carboxylic acids is 1. The first-order chi connectivity index (χ1) is 9.97. The summed E-state index contributed by atoms with van der Waals surface area (Å²) in [6.45, 7) is 3.25. The van der Waals surface area contributed by atoms with Crippen LogP contribution in [-0.4, -0.2) is 29.6 Å². The molecule has 0 heterocycles. The number of rotatable bonds is 5. The Morgan fingerprint density at radius 2 is 1.81 bits per heavy atom. The number of carboxylic acids is 1. The maximum atomic E-state index is 12.2. The predicted molar refractivity (Wildman–Crippen MR) is 78.8 cm³/mol. The van der Waals surface area contributed by atoms with Crippen LogP contribution in [0.25, 0.3) is 0 Å². The van der Waals surface area contributed by atoms with Gasteiger partial charge in [0.2, 0.25) is 0 Å². The summed E-state index contributed by atoms with van der Waals surface area (Å²) in [4.78, 5) is 22.8. The van der Waals surface area contributed by atoms with Crippen molar-refractivity contribution >= 4 is 11.9 Å². The summed E-state index contributed by atoms with van der Waals surface area (Å²) < 4.78 is 5.27. The van der Waals surface area contributed by atoms with Gasteiger partial charge in [0.15, 0.2) is 6.61 Å². The Balaban J connectivity index is 2.10. The monoisotopic (exact) mass is 291 g/mol. The Bertz CT molecular complexity index is 524. The van der Waals surface area contributed by atoms with Crippen molar-refractivity contribution in [3.05, 3.63) is 28.8 Å². The molecule has 0 saturated heterocycles. The number of aryl methyl sites for hydroxylation is 2. The number of hydrogen-bond acceptors (Lipinski definition) is 3. The molecule has 0 aromatic heterocycles. The van der Waals surface area contributed by atoms with E-state index in [0.29, 0.717) is 11.3 Å². The summed E-state index contributed by atoms with van der Waals surface area (Å²) >= 11 is 0. The van der Waals surface area contributed by atoms with Gasteiger partial charge in [0, 0.05) is 11.6 Å². The van der Waals surface area contributed by atoms with Crippen LogP contribution in [-0.2, 0) is 4.79 Å². The zero-order chi connectivity index (χ0) is 15.4. The molecule has 5 heteroatoms. The summed E-state index contributed by atoms with van der Waals surface area (Å²) in [6.07, 6.45) is 4.43. The number of aliphatic carboxylic acids is 1. The average molecular weight is 291 g/mol. The van der Waals surface area contributed by atoms with Crippen LogP contribution in [0.4, 0.5) is 0 Å². The molecule has 1 saturated carbocycles. The third-order valence-electron chi connectivity index (χ3n) is 3.75. The molecule has 0 unspecified atom stereocenters. The minimum absolute atomic E-state index is 0.0714. The van der Waals surface area contributed by atoms with Gasteiger partial charge in [-0.25, -0.2) is 4.79 Å². The van der Waals surface area contributed by atoms with E-state index in [9.17, 15) is 9.59 Å². The molecule has 0 aliphatic heterocycles. The Kier molecular flexibility index (Phi) is 4.83. The lowest BCUT2D eigenvalue weighted by atomic mass is 10.0. The van der Waals surface area contributed by atoms with E-state index in [1.165, 1.54) is 12.8 Å². The molecule has 1 amide bonds. The van der Waals surface area contributed by atoms with Crippen molar-refractivity contribution in [2.45, 2.75) is 45.6 Å². The number of benzene rings is 1. The molecule has 0 spiro atoms. The quantitative estimate of drug-likeness (QED) is 0.873. The van der Waals surface area contributed by atoms with Crippen molar-refractivity contribution in [1.29, 1.82) is 0 Å². The van der Waals surface area contributed by atoms with Crippen LogP contribution in [0.15, 0.2) is 12.1 Å². The first kappa shape index (κ1) is 15.4. The van der Waals surface area contributed by atoms with E-state index in [1.807, 2.05) is 13.8 Å². The molecule has 0 bridgehead atoms. The summed E-state index contributed by atoms with van der Waals surface area (Å²) in [5, 5.41) is 11.7. The van der Waals surface area contributed by atoms with Crippen LogP contribution in [0, 0.1) is 13.8 Å². The van der Waals surface area contributed by atoms with Gasteiger partial charge in [-0.2, -0.15) is 0 Å². The second kappa shape index (κ2) is 6.61. The zero-order valence-electron chi connectivity index (χ0n) is 12.4. The lowest BCUT2D eigenvalue weighted by Gasteiger charge is -2.15. The Labute approximate surface area is 124 Å². The normalized spacial score (nSPS) is 15.0. The number of carbonyl (C=O) groups is 2. The molecule has 0 radical (unpaired) electrons. The van der Waals surface area contributed by atoms with Crippen LogP contribution in [0.1, 0.15) is 47.2 Å². The average Bonchev–Trinajstić information content (AvgIpc) is 2.90. The van der Waals surface area contributed by atoms with Gasteiger partial charge in [-0.05, 0) is 49.9 Å². The summed E-state index contributed by atoms with van der Waals surface area (Å²) in [5.74, 6) is -0.551. The number of amides is 1. The summed E-state index contributed by atoms with van der Waals surface area (Å²) in [7, 11) is 0. The maximum absolute atomic E-state index is 12.2. The fraction of sp³-hybridized carbons (Fsp3) is 0.500. The first-order valence-electron chi connectivity index (χ1n) is 7.24. The highest BCUT2D eigenvalue weighted by molar-refractivity contribution is 5.95. The highest BCUT2D eigenvalue weighted by Crippen LogP contribution is 2.25. The Hall–Kier alpha value is -2.04. The smallest absolute Gasteiger partial charge is 0.341 e. The van der Waals surface area contributed by atoms with Crippen LogP contribution >= 0.6 is 0 Å². The van der Waals surface area contributed by atoms with Gasteiger partial charge in [-0.1, -0.05) is 12.8 Å². The van der Waals surface area contributed by atoms with Crippen molar-refractivity contribution in [2.24, 2.45) is 0 Å². The van der Waals surface area contributed by atoms with Crippen molar-refractivity contribution in [2.75, 3.05) is 6.61 Å². The fourth-order valence-corrected chi connectivity index (χ4v) is 2.78. The number of nitrogens with one attached hydrogen (secondary N) is 1. The molecule has 1 aromatic rings. The number of carboxylic acid groups (broad SMARTS) is 1. The van der Waals surface area contributed by atoms with Gasteiger partial charge in [0.25, 0.3) is 5.91 Å². The van der Waals surface area contributed by atoms with Crippen molar-refractivity contribution in [3.8, 4) is 5.75 Å². The minimum atomic E-state index is -1.02. The zero-order valence-corrected chi connectivity index (χ0v) is 12.4. The molecule has 21 heavy (non-hydrogen) atoms. The van der Waals surface area contributed by atoms with E-state index in [1.54, 1.807) is 12.1 Å². The Morgan fingerprint density at radius 3 is 2.33 bits per heavy atom. The second-order valence-electron chi connectivity index (χ2n) is 5.58. The van der Waals surface area contributed by atoms with Crippen LogP contribution in [0.2, 0.25) is 0 Å². The third kappa shape index (κ3) is 3.97. The topological polar surface area (TPSA) is 75.6 Å². The van der Waals surface area contributed by atoms with Gasteiger partial charge in [0.1, 0.15) is 5.75 Å². The van der Waals surface area contributed by atoms with Crippen LogP contribution < -0.4 is 10.1 Å². The van der Waals surface area contributed by atoms with Crippen LogP contribution in [0.3, 0.4) is 0 Å². The SMILES string of the molecule is Cc1cc(C(=O)NC2CCCC2)cc(C)c1OCC(=O)O. The van der Waals surface area contributed by atoms with E-state index in [4.69, 9.17) is 9.84 Å².